The van der Waals surface area contributed by atoms with Crippen LogP contribution in [0.1, 0.15) is 20.8 Å². The van der Waals surface area contributed by atoms with Crippen LogP contribution < -0.4 is 0 Å². The average Bonchev–Trinajstić information content (AvgIpc) is 2.17. The summed E-state index contributed by atoms with van der Waals surface area (Å²) in [7, 11) is 0. The van der Waals surface area contributed by atoms with E-state index in [1.54, 1.807) is 20.8 Å². The number of hydrogen-bond donors (Lipinski definition) is 3. The lowest BCUT2D eigenvalue weighted by molar-refractivity contribution is -0.262. The van der Waals surface area contributed by atoms with Crippen molar-refractivity contribution in [3.8, 4) is 0 Å². The van der Waals surface area contributed by atoms with Crippen LogP contribution in [0, 0.1) is 5.41 Å². The maximum Gasteiger partial charge on any atom is 0.311 e. The topological polar surface area (TPSA) is 96.2 Å². The predicted octanol–water partition coefficient (Wildman–Crippen LogP) is -0.985. The van der Waals surface area contributed by atoms with Crippen molar-refractivity contribution in [1.82, 2.24) is 0 Å². The summed E-state index contributed by atoms with van der Waals surface area (Å²) in [5, 5.41) is 28.3. The number of aliphatic hydroxyl groups is 3. The first-order valence-corrected chi connectivity index (χ1v) is 5.10. The molecule has 16 heavy (non-hydrogen) atoms. The zero-order valence-electron chi connectivity index (χ0n) is 9.58. The molecule has 6 heteroatoms. The highest BCUT2D eigenvalue weighted by molar-refractivity contribution is 5.75. The zero-order chi connectivity index (χ0) is 12.5. The quantitative estimate of drug-likeness (QED) is 0.504. The van der Waals surface area contributed by atoms with Gasteiger partial charge in [0.15, 0.2) is 12.4 Å². The minimum atomic E-state index is -1.41. The molecule has 6 nitrogen and oxygen atoms in total. The fraction of sp³-hybridized carbons (Fsp3) is 0.900. The van der Waals surface area contributed by atoms with Crippen LogP contribution in [0.2, 0.25) is 0 Å². The van der Waals surface area contributed by atoms with Crippen molar-refractivity contribution in [2.75, 3.05) is 6.61 Å². The van der Waals surface area contributed by atoms with Gasteiger partial charge in [-0.05, 0) is 20.8 Å². The van der Waals surface area contributed by atoms with Gasteiger partial charge in [-0.15, -0.1) is 0 Å². The molecule has 0 aromatic rings. The minimum Gasteiger partial charge on any atom is -0.454 e. The van der Waals surface area contributed by atoms with Crippen LogP contribution in [0.15, 0.2) is 0 Å². The van der Waals surface area contributed by atoms with Crippen LogP contribution in [-0.2, 0) is 14.3 Å². The van der Waals surface area contributed by atoms with Gasteiger partial charge in [0.25, 0.3) is 0 Å². The molecular formula is C10H18O6. The number of carbonyl (C=O) groups excluding carboxylic acids is 1. The lowest BCUT2D eigenvalue weighted by atomic mass is 9.97. The van der Waals surface area contributed by atoms with E-state index in [4.69, 9.17) is 9.47 Å². The molecule has 1 saturated heterocycles. The Morgan fingerprint density at radius 2 is 1.88 bits per heavy atom. The van der Waals surface area contributed by atoms with Gasteiger partial charge in [0.2, 0.25) is 0 Å². The maximum absolute atomic E-state index is 11.5. The van der Waals surface area contributed by atoms with Crippen molar-refractivity contribution >= 4 is 5.97 Å². The molecule has 0 saturated carbocycles. The highest BCUT2D eigenvalue weighted by atomic mass is 16.7. The Kier molecular flexibility index (Phi) is 3.90. The third kappa shape index (κ3) is 2.91. The molecule has 0 aromatic heterocycles. The molecule has 1 rings (SSSR count). The lowest BCUT2D eigenvalue weighted by Gasteiger charge is -2.36. The molecule has 0 amide bonds. The maximum atomic E-state index is 11.5. The summed E-state index contributed by atoms with van der Waals surface area (Å²) < 4.78 is 9.68. The summed E-state index contributed by atoms with van der Waals surface area (Å²) in [6.07, 6.45) is -5.17. The van der Waals surface area contributed by atoms with Gasteiger partial charge in [-0.2, -0.15) is 0 Å². The van der Waals surface area contributed by atoms with E-state index >= 15 is 0 Å². The molecule has 0 aromatic carbocycles. The SMILES string of the molecule is CC(C)(C)C(=O)O[C@@H]1C(O)OC[C@@H](O)[C@H]1O. The molecule has 1 fully saturated rings. The van der Waals surface area contributed by atoms with Crippen LogP contribution in [0.5, 0.6) is 0 Å². The first-order valence-electron chi connectivity index (χ1n) is 5.10. The highest BCUT2D eigenvalue weighted by Gasteiger charge is 2.42. The van der Waals surface area contributed by atoms with E-state index in [1.807, 2.05) is 0 Å². The number of rotatable bonds is 1. The number of ether oxygens (including phenoxy) is 2. The molecule has 94 valence electrons. The Hall–Kier alpha value is -0.690. The van der Waals surface area contributed by atoms with Crippen molar-refractivity contribution in [2.24, 2.45) is 5.41 Å². The van der Waals surface area contributed by atoms with Crippen LogP contribution in [0.3, 0.4) is 0 Å². The normalized spacial score (nSPS) is 35.9. The summed E-state index contributed by atoms with van der Waals surface area (Å²) >= 11 is 0. The Labute approximate surface area is 93.8 Å². The van der Waals surface area contributed by atoms with E-state index < -0.39 is 36.0 Å². The molecular weight excluding hydrogens is 216 g/mol. The lowest BCUT2D eigenvalue weighted by Crippen LogP contribution is -2.55. The monoisotopic (exact) mass is 234 g/mol. The van der Waals surface area contributed by atoms with Gasteiger partial charge in [0, 0.05) is 0 Å². The van der Waals surface area contributed by atoms with E-state index in [2.05, 4.69) is 0 Å². The molecule has 1 aliphatic rings. The van der Waals surface area contributed by atoms with Gasteiger partial charge < -0.3 is 24.8 Å². The first kappa shape index (κ1) is 13.4. The standard InChI is InChI=1S/C10H18O6/c1-10(2,3)9(14)16-7-6(12)5(11)4-15-8(7)13/h5-8,11-13H,4H2,1-3H3/t5-,6-,7+,8?/m1/s1. The smallest absolute Gasteiger partial charge is 0.311 e. The Morgan fingerprint density at radius 1 is 1.31 bits per heavy atom. The molecule has 4 atom stereocenters. The molecule has 1 aliphatic heterocycles. The van der Waals surface area contributed by atoms with E-state index in [0.29, 0.717) is 0 Å². The first-order chi connectivity index (χ1) is 7.23. The van der Waals surface area contributed by atoms with E-state index in [-0.39, 0.29) is 6.61 Å². The average molecular weight is 234 g/mol. The van der Waals surface area contributed by atoms with Crippen molar-refractivity contribution in [1.29, 1.82) is 0 Å². The Balaban J connectivity index is 2.67. The fourth-order valence-corrected chi connectivity index (χ4v) is 1.21. The minimum absolute atomic E-state index is 0.189. The van der Waals surface area contributed by atoms with Crippen LogP contribution in [-0.4, -0.2) is 52.5 Å². The van der Waals surface area contributed by atoms with Crippen LogP contribution in [0.25, 0.3) is 0 Å². The number of esters is 1. The van der Waals surface area contributed by atoms with Gasteiger partial charge in [-0.3, -0.25) is 4.79 Å². The highest BCUT2D eigenvalue weighted by Crippen LogP contribution is 2.22. The molecule has 1 heterocycles. The van der Waals surface area contributed by atoms with E-state index in [9.17, 15) is 20.1 Å². The molecule has 0 radical (unpaired) electrons. The van der Waals surface area contributed by atoms with Crippen molar-refractivity contribution in [3.63, 3.8) is 0 Å². The van der Waals surface area contributed by atoms with E-state index in [0.717, 1.165) is 0 Å². The molecule has 3 N–H and O–H groups in total. The van der Waals surface area contributed by atoms with E-state index in [1.165, 1.54) is 0 Å². The van der Waals surface area contributed by atoms with Crippen LogP contribution in [0.4, 0.5) is 0 Å². The Morgan fingerprint density at radius 3 is 2.38 bits per heavy atom. The zero-order valence-corrected chi connectivity index (χ0v) is 9.58. The Bertz CT molecular complexity index is 259. The molecule has 1 unspecified atom stereocenters. The van der Waals surface area contributed by atoms with Gasteiger partial charge in [-0.25, -0.2) is 0 Å². The number of hydrogen-bond acceptors (Lipinski definition) is 6. The molecule has 0 aliphatic carbocycles. The molecule has 0 bridgehead atoms. The van der Waals surface area contributed by atoms with Gasteiger partial charge in [-0.1, -0.05) is 0 Å². The molecule has 0 spiro atoms. The third-order valence-corrected chi connectivity index (χ3v) is 2.31. The third-order valence-electron chi connectivity index (χ3n) is 2.31. The van der Waals surface area contributed by atoms with Crippen molar-refractivity contribution in [2.45, 2.75) is 45.4 Å². The van der Waals surface area contributed by atoms with Gasteiger partial charge in [0.05, 0.1) is 12.0 Å². The van der Waals surface area contributed by atoms with Crippen molar-refractivity contribution < 1.29 is 29.6 Å². The second kappa shape index (κ2) is 4.67. The summed E-state index contributed by atoms with van der Waals surface area (Å²) in [5.41, 5.74) is -0.748. The summed E-state index contributed by atoms with van der Waals surface area (Å²) in [5.74, 6) is -0.576. The second-order valence-corrected chi connectivity index (χ2v) is 4.90. The number of aliphatic hydroxyl groups excluding tert-OH is 3. The van der Waals surface area contributed by atoms with Gasteiger partial charge >= 0.3 is 5.97 Å². The predicted molar refractivity (Wildman–Crippen MR) is 53.3 cm³/mol. The van der Waals surface area contributed by atoms with Crippen molar-refractivity contribution in [3.05, 3.63) is 0 Å². The number of carbonyl (C=O) groups is 1. The fourth-order valence-electron chi connectivity index (χ4n) is 1.21. The largest absolute Gasteiger partial charge is 0.454 e. The summed E-state index contributed by atoms with van der Waals surface area (Å²) in [4.78, 5) is 11.5. The summed E-state index contributed by atoms with van der Waals surface area (Å²) in [6, 6.07) is 0. The van der Waals surface area contributed by atoms with Crippen LogP contribution >= 0.6 is 0 Å². The second-order valence-electron chi connectivity index (χ2n) is 4.90. The van der Waals surface area contributed by atoms with Gasteiger partial charge in [0.1, 0.15) is 12.2 Å². The summed E-state index contributed by atoms with van der Waals surface area (Å²) in [6.45, 7) is 4.75.